The Balaban J connectivity index is 2.45. The molecule has 0 aliphatic heterocycles. The lowest BCUT2D eigenvalue weighted by Gasteiger charge is -2.41. The molecule has 1 aliphatic rings. The average Bonchev–Trinajstić information content (AvgIpc) is 1.99. The lowest BCUT2D eigenvalue weighted by atomic mass is 9.74. The summed E-state index contributed by atoms with van der Waals surface area (Å²) in [6.07, 6.45) is 3.96. The number of carbonyl (C=O) groups excluding carboxylic acids is 1. The molecule has 2 N–H and O–H groups in total. The molecule has 0 aromatic carbocycles. The number of aliphatic carboxylic acids is 1. The Labute approximate surface area is 83.7 Å². The molecule has 0 aromatic rings. The van der Waals surface area contributed by atoms with Gasteiger partial charge in [-0.2, -0.15) is 0 Å². The van der Waals surface area contributed by atoms with Crippen molar-refractivity contribution in [3.63, 3.8) is 0 Å². The normalized spacial score (nSPS) is 18.4. The summed E-state index contributed by atoms with van der Waals surface area (Å²) in [6.45, 7) is 1.93. The molecule has 0 radical (unpaired) electrons. The van der Waals surface area contributed by atoms with Gasteiger partial charge in [0.05, 0.1) is 12.0 Å². The Morgan fingerprint density at radius 1 is 1.43 bits per heavy atom. The van der Waals surface area contributed by atoms with Crippen LogP contribution in [0.15, 0.2) is 0 Å². The van der Waals surface area contributed by atoms with Crippen LogP contribution in [0.25, 0.3) is 0 Å². The molecule has 80 valence electrons. The summed E-state index contributed by atoms with van der Waals surface area (Å²) >= 11 is 0. The molecule has 1 saturated carbocycles. The fourth-order valence-electron chi connectivity index (χ4n) is 1.82. The van der Waals surface area contributed by atoms with Crippen LogP contribution in [-0.4, -0.2) is 22.5 Å². The first-order chi connectivity index (χ1) is 6.58. The number of nitrogens with one attached hydrogen (secondary N) is 1. The van der Waals surface area contributed by atoms with Gasteiger partial charge in [0.15, 0.2) is 0 Å². The van der Waals surface area contributed by atoms with Crippen LogP contribution in [0.2, 0.25) is 0 Å². The molecule has 1 aliphatic carbocycles. The number of amides is 1. The van der Waals surface area contributed by atoms with Gasteiger partial charge in [0, 0.05) is 6.42 Å². The van der Waals surface area contributed by atoms with Crippen LogP contribution in [0.3, 0.4) is 0 Å². The van der Waals surface area contributed by atoms with E-state index in [1.165, 1.54) is 0 Å². The molecular weight excluding hydrogens is 182 g/mol. The molecule has 1 fully saturated rings. The van der Waals surface area contributed by atoms with E-state index in [2.05, 4.69) is 5.32 Å². The van der Waals surface area contributed by atoms with Crippen molar-refractivity contribution in [3.8, 4) is 0 Å². The van der Waals surface area contributed by atoms with E-state index in [9.17, 15) is 9.59 Å². The van der Waals surface area contributed by atoms with E-state index in [-0.39, 0.29) is 12.3 Å². The minimum Gasteiger partial charge on any atom is -0.481 e. The second-order valence-electron chi connectivity index (χ2n) is 4.00. The number of carboxylic acids is 1. The van der Waals surface area contributed by atoms with Gasteiger partial charge in [-0.05, 0) is 25.7 Å². The standard InChI is InChI=1S/C10H17NO3/c1-2-4-8(12)11-10(5-3-6-10)7-9(13)14/h2-7H2,1H3,(H,11,12)(H,13,14). The molecule has 0 atom stereocenters. The molecule has 0 heterocycles. The van der Waals surface area contributed by atoms with Gasteiger partial charge in [-0.15, -0.1) is 0 Å². The Hall–Kier alpha value is -1.06. The van der Waals surface area contributed by atoms with Crippen molar-refractivity contribution in [2.75, 3.05) is 0 Å². The second kappa shape index (κ2) is 4.44. The van der Waals surface area contributed by atoms with Gasteiger partial charge in [-0.3, -0.25) is 9.59 Å². The largest absolute Gasteiger partial charge is 0.481 e. The Bertz CT molecular complexity index is 234. The molecule has 0 bridgehead atoms. The predicted octanol–water partition coefficient (Wildman–Crippen LogP) is 1.30. The van der Waals surface area contributed by atoms with Crippen LogP contribution in [0.5, 0.6) is 0 Å². The van der Waals surface area contributed by atoms with Gasteiger partial charge in [0.2, 0.25) is 5.91 Å². The third-order valence-corrected chi connectivity index (χ3v) is 2.68. The maximum Gasteiger partial charge on any atom is 0.305 e. The van der Waals surface area contributed by atoms with Crippen LogP contribution >= 0.6 is 0 Å². The van der Waals surface area contributed by atoms with Gasteiger partial charge in [-0.25, -0.2) is 0 Å². The van der Waals surface area contributed by atoms with Crippen molar-refractivity contribution in [1.82, 2.24) is 5.32 Å². The van der Waals surface area contributed by atoms with Gasteiger partial charge >= 0.3 is 5.97 Å². The fourth-order valence-corrected chi connectivity index (χ4v) is 1.82. The average molecular weight is 199 g/mol. The minimum atomic E-state index is -0.832. The number of rotatable bonds is 5. The number of carbonyl (C=O) groups is 2. The van der Waals surface area contributed by atoms with E-state index >= 15 is 0 Å². The lowest BCUT2D eigenvalue weighted by Crippen LogP contribution is -2.54. The molecule has 0 spiro atoms. The van der Waals surface area contributed by atoms with Crippen molar-refractivity contribution in [1.29, 1.82) is 0 Å². The molecule has 1 rings (SSSR count). The Kier molecular flexibility index (Phi) is 3.49. The van der Waals surface area contributed by atoms with Crippen LogP contribution in [-0.2, 0) is 9.59 Å². The molecular formula is C10H17NO3. The molecule has 4 heteroatoms. The topological polar surface area (TPSA) is 66.4 Å². The predicted molar refractivity (Wildman–Crippen MR) is 51.9 cm³/mol. The van der Waals surface area contributed by atoms with Crippen LogP contribution in [0.1, 0.15) is 45.4 Å². The fraction of sp³-hybridized carbons (Fsp3) is 0.800. The van der Waals surface area contributed by atoms with Crippen LogP contribution in [0, 0.1) is 0 Å². The zero-order valence-corrected chi connectivity index (χ0v) is 8.51. The summed E-state index contributed by atoms with van der Waals surface area (Å²) in [5, 5.41) is 11.5. The van der Waals surface area contributed by atoms with Crippen molar-refractivity contribution >= 4 is 11.9 Å². The van der Waals surface area contributed by atoms with E-state index in [1.807, 2.05) is 6.92 Å². The molecule has 14 heavy (non-hydrogen) atoms. The summed E-state index contributed by atoms with van der Waals surface area (Å²) in [4.78, 5) is 21.9. The van der Waals surface area contributed by atoms with Crippen molar-refractivity contribution in [2.45, 2.75) is 51.0 Å². The maximum absolute atomic E-state index is 11.3. The van der Waals surface area contributed by atoms with Crippen LogP contribution in [0.4, 0.5) is 0 Å². The zero-order chi connectivity index (χ0) is 10.6. The summed E-state index contributed by atoms with van der Waals surface area (Å²) < 4.78 is 0. The quantitative estimate of drug-likeness (QED) is 0.701. The number of carboxylic acid groups (broad SMARTS) is 1. The number of hydrogen-bond acceptors (Lipinski definition) is 2. The van der Waals surface area contributed by atoms with E-state index < -0.39 is 11.5 Å². The second-order valence-corrected chi connectivity index (χ2v) is 4.00. The van der Waals surface area contributed by atoms with E-state index in [4.69, 9.17) is 5.11 Å². The Morgan fingerprint density at radius 2 is 2.07 bits per heavy atom. The first kappa shape index (κ1) is 11.0. The highest BCUT2D eigenvalue weighted by Crippen LogP contribution is 2.34. The maximum atomic E-state index is 11.3. The molecule has 4 nitrogen and oxygen atoms in total. The van der Waals surface area contributed by atoms with Crippen molar-refractivity contribution < 1.29 is 14.7 Å². The molecule has 0 unspecified atom stereocenters. The monoisotopic (exact) mass is 199 g/mol. The van der Waals surface area contributed by atoms with Gasteiger partial charge in [-0.1, -0.05) is 6.92 Å². The Morgan fingerprint density at radius 3 is 2.43 bits per heavy atom. The van der Waals surface area contributed by atoms with Crippen molar-refractivity contribution in [2.24, 2.45) is 0 Å². The molecule has 0 aromatic heterocycles. The highest BCUT2D eigenvalue weighted by atomic mass is 16.4. The van der Waals surface area contributed by atoms with E-state index in [0.717, 1.165) is 25.7 Å². The van der Waals surface area contributed by atoms with Gasteiger partial charge in [0.1, 0.15) is 0 Å². The minimum absolute atomic E-state index is 0.0200. The van der Waals surface area contributed by atoms with E-state index in [0.29, 0.717) is 6.42 Å². The first-order valence-corrected chi connectivity index (χ1v) is 5.11. The van der Waals surface area contributed by atoms with E-state index in [1.54, 1.807) is 0 Å². The van der Waals surface area contributed by atoms with Crippen molar-refractivity contribution in [3.05, 3.63) is 0 Å². The zero-order valence-electron chi connectivity index (χ0n) is 8.51. The lowest BCUT2D eigenvalue weighted by molar-refractivity contribution is -0.140. The SMILES string of the molecule is CCCC(=O)NC1(CC(=O)O)CCC1. The molecule has 0 saturated heterocycles. The third-order valence-electron chi connectivity index (χ3n) is 2.68. The van der Waals surface area contributed by atoms with Crippen LogP contribution < -0.4 is 5.32 Å². The summed E-state index contributed by atoms with van der Waals surface area (Å²) in [6, 6.07) is 0. The van der Waals surface area contributed by atoms with Gasteiger partial charge in [0.25, 0.3) is 0 Å². The summed E-state index contributed by atoms with van der Waals surface area (Å²) in [7, 11) is 0. The highest BCUT2D eigenvalue weighted by Gasteiger charge is 2.39. The third kappa shape index (κ3) is 2.72. The molecule has 1 amide bonds. The summed E-state index contributed by atoms with van der Waals surface area (Å²) in [5.74, 6) is -0.852. The highest BCUT2D eigenvalue weighted by molar-refractivity contribution is 5.78. The smallest absolute Gasteiger partial charge is 0.305 e. The first-order valence-electron chi connectivity index (χ1n) is 5.11. The van der Waals surface area contributed by atoms with Gasteiger partial charge < -0.3 is 10.4 Å². The summed E-state index contributed by atoms with van der Waals surface area (Å²) in [5.41, 5.74) is -0.432. The number of hydrogen-bond donors (Lipinski definition) is 2.